The first kappa shape index (κ1) is 24.2. The molecule has 3 aromatic rings. The first-order valence-electron chi connectivity index (χ1n) is 12.2. The quantitative estimate of drug-likeness (QED) is 0.170. The predicted molar refractivity (Wildman–Crippen MR) is 139 cm³/mol. The summed E-state index contributed by atoms with van der Waals surface area (Å²) >= 11 is 0. The van der Waals surface area contributed by atoms with Crippen molar-refractivity contribution in [2.75, 3.05) is 6.61 Å². The summed E-state index contributed by atoms with van der Waals surface area (Å²) in [7, 11) is 0. The lowest BCUT2D eigenvalue weighted by Crippen LogP contribution is -2.42. The highest BCUT2D eigenvalue weighted by Gasteiger charge is 2.38. The van der Waals surface area contributed by atoms with Crippen molar-refractivity contribution in [1.29, 1.82) is 0 Å². The van der Waals surface area contributed by atoms with Gasteiger partial charge in [-0.3, -0.25) is 14.4 Å². The van der Waals surface area contributed by atoms with Gasteiger partial charge in [0.2, 0.25) is 0 Å². The molecule has 0 fully saturated rings. The van der Waals surface area contributed by atoms with Crippen LogP contribution in [0.4, 0.5) is 0 Å². The van der Waals surface area contributed by atoms with Gasteiger partial charge in [-0.05, 0) is 43.5 Å². The highest BCUT2D eigenvalue weighted by atomic mass is 16.5. The van der Waals surface area contributed by atoms with Crippen LogP contribution in [0.3, 0.4) is 0 Å². The number of ether oxygens (including phenoxy) is 1. The summed E-state index contributed by atoms with van der Waals surface area (Å²) in [6, 6.07) is 19.8. The number of carbonyl (C=O) groups is 3. The summed E-state index contributed by atoms with van der Waals surface area (Å²) < 4.78 is 5.33. The molecule has 2 aliphatic carbocycles. The predicted octanol–water partition coefficient (Wildman–Crippen LogP) is 4.08. The Hall–Kier alpha value is -4.48. The number of esters is 1. The van der Waals surface area contributed by atoms with Crippen LogP contribution in [0.15, 0.2) is 71.8 Å². The van der Waals surface area contributed by atoms with Gasteiger partial charge in [-0.1, -0.05) is 91.8 Å². The van der Waals surface area contributed by atoms with E-state index >= 15 is 0 Å². The van der Waals surface area contributed by atoms with E-state index in [1.165, 1.54) is 0 Å². The van der Waals surface area contributed by atoms with Gasteiger partial charge in [0, 0.05) is 22.0 Å². The molecule has 2 unspecified atom stereocenters. The minimum atomic E-state index is -1.56. The van der Waals surface area contributed by atoms with Crippen LogP contribution in [-0.4, -0.2) is 30.2 Å². The Morgan fingerprint density at radius 3 is 2.38 bits per heavy atom. The number of azide groups is 1. The lowest BCUT2D eigenvalue weighted by molar-refractivity contribution is -0.143. The minimum absolute atomic E-state index is 0.134. The Balaban J connectivity index is 1.85. The third kappa shape index (κ3) is 4.34. The zero-order chi connectivity index (χ0) is 26.1. The molecule has 0 aliphatic heterocycles. The van der Waals surface area contributed by atoms with Gasteiger partial charge in [0.1, 0.15) is 0 Å². The fourth-order valence-corrected chi connectivity index (χ4v) is 5.12. The third-order valence-corrected chi connectivity index (χ3v) is 6.74. The molecule has 0 radical (unpaired) electrons. The third-order valence-electron chi connectivity index (χ3n) is 6.74. The molecular weight excluding hydrogens is 466 g/mol. The molecule has 5 rings (SSSR count). The molecule has 0 bridgehead atoms. The summed E-state index contributed by atoms with van der Waals surface area (Å²) in [5, 5.41) is 6.84. The highest BCUT2D eigenvalue weighted by Crippen LogP contribution is 2.33. The number of hydrogen-bond donors (Lipinski definition) is 0. The van der Waals surface area contributed by atoms with E-state index in [0.29, 0.717) is 10.8 Å². The zero-order valence-electron chi connectivity index (χ0n) is 20.5. The Kier molecular flexibility index (Phi) is 6.47. The first-order valence-corrected chi connectivity index (χ1v) is 12.2. The minimum Gasteiger partial charge on any atom is -0.465 e. The Morgan fingerprint density at radius 2 is 1.65 bits per heavy atom. The molecule has 0 spiro atoms. The fourth-order valence-electron chi connectivity index (χ4n) is 5.12. The van der Waals surface area contributed by atoms with E-state index in [1.54, 1.807) is 6.07 Å². The van der Waals surface area contributed by atoms with Crippen LogP contribution < -0.4 is 10.4 Å². The van der Waals surface area contributed by atoms with Crippen molar-refractivity contribution < 1.29 is 19.1 Å². The maximum absolute atomic E-state index is 13.8. The number of nitrogens with zero attached hydrogens (tertiary/aromatic N) is 3. The van der Waals surface area contributed by atoms with Crippen LogP contribution in [0, 0.1) is 16.4 Å². The van der Waals surface area contributed by atoms with Gasteiger partial charge < -0.3 is 4.74 Å². The van der Waals surface area contributed by atoms with Crippen molar-refractivity contribution in [2.45, 2.75) is 32.2 Å². The zero-order valence-corrected chi connectivity index (χ0v) is 20.5. The molecule has 2 atom stereocenters. The molecule has 0 saturated carbocycles. The smallest absolute Gasteiger partial charge is 0.310 e. The van der Waals surface area contributed by atoms with E-state index in [9.17, 15) is 14.4 Å². The number of ketones is 2. The van der Waals surface area contributed by atoms with Crippen molar-refractivity contribution in [3.8, 4) is 0 Å². The van der Waals surface area contributed by atoms with Gasteiger partial charge >= 0.3 is 5.97 Å². The monoisotopic (exact) mass is 491 g/mol. The van der Waals surface area contributed by atoms with E-state index in [4.69, 9.17) is 10.3 Å². The van der Waals surface area contributed by atoms with Crippen molar-refractivity contribution in [3.63, 3.8) is 0 Å². The molecule has 7 nitrogen and oxygen atoms in total. The van der Waals surface area contributed by atoms with E-state index in [1.807, 2.05) is 74.5 Å². The maximum atomic E-state index is 13.8. The highest BCUT2D eigenvalue weighted by molar-refractivity contribution is 6.33. The van der Waals surface area contributed by atoms with Gasteiger partial charge in [-0.25, -0.2) is 0 Å². The Bertz CT molecular complexity index is 1700. The summed E-state index contributed by atoms with van der Waals surface area (Å²) in [5.41, 5.74) is 11.3. The Morgan fingerprint density at radius 1 is 0.946 bits per heavy atom. The van der Waals surface area contributed by atoms with E-state index in [0.717, 1.165) is 26.8 Å². The molecular formula is C30H25N3O4. The molecule has 3 aromatic carbocycles. The van der Waals surface area contributed by atoms with E-state index < -0.39 is 23.6 Å². The van der Waals surface area contributed by atoms with Crippen molar-refractivity contribution >= 4 is 29.2 Å². The van der Waals surface area contributed by atoms with Gasteiger partial charge in [-0.2, -0.15) is 0 Å². The number of fused-ring (bicyclic) bond motifs is 4. The molecule has 0 heterocycles. The number of benzene rings is 3. The summed E-state index contributed by atoms with van der Waals surface area (Å²) in [6.07, 6.45) is 1.80. The Labute approximate surface area is 213 Å². The van der Waals surface area contributed by atoms with Gasteiger partial charge in [0.05, 0.1) is 13.0 Å². The molecule has 0 amide bonds. The van der Waals surface area contributed by atoms with Crippen LogP contribution in [0.5, 0.6) is 0 Å². The van der Waals surface area contributed by atoms with E-state index in [2.05, 4.69) is 16.1 Å². The second-order valence-electron chi connectivity index (χ2n) is 9.66. The summed E-state index contributed by atoms with van der Waals surface area (Å²) in [5.74, 6) is -1.92. The largest absolute Gasteiger partial charge is 0.465 e. The topological polar surface area (TPSA) is 109 Å². The van der Waals surface area contributed by atoms with Gasteiger partial charge in [-0.15, -0.1) is 0 Å². The van der Waals surface area contributed by atoms with Crippen molar-refractivity contribution in [1.82, 2.24) is 0 Å². The molecule has 0 saturated heterocycles. The molecule has 184 valence electrons. The molecule has 0 N–H and O–H groups in total. The number of Topliss-reactive ketones (excluding diaryl/α,β-unsaturated/α-hetero) is 2. The lowest BCUT2D eigenvalue weighted by Gasteiger charge is -2.26. The van der Waals surface area contributed by atoms with Gasteiger partial charge in [0.15, 0.2) is 17.6 Å². The SMILES string of the molecule is CC(C)COC(=O)CC1=c2ccc3c(c2C(=O)C(N=[N+]=[N-])C1=O)C(c1ccccc1)C=c1ccccc1=3. The average molecular weight is 492 g/mol. The first-order chi connectivity index (χ1) is 17.9. The van der Waals surface area contributed by atoms with Crippen molar-refractivity contribution in [3.05, 3.63) is 115 Å². The second kappa shape index (κ2) is 9.88. The number of rotatable bonds is 6. The van der Waals surface area contributed by atoms with Crippen LogP contribution >= 0.6 is 0 Å². The number of carbonyl (C=O) groups excluding carboxylic acids is 3. The normalized spacial score (nSPS) is 17.8. The van der Waals surface area contributed by atoms with Crippen LogP contribution in [0.1, 0.15) is 47.7 Å². The lowest BCUT2D eigenvalue weighted by atomic mass is 9.76. The van der Waals surface area contributed by atoms with Crippen LogP contribution in [0.25, 0.3) is 22.1 Å². The van der Waals surface area contributed by atoms with Crippen molar-refractivity contribution in [2.24, 2.45) is 11.0 Å². The maximum Gasteiger partial charge on any atom is 0.310 e. The fraction of sp³-hybridized carbons (Fsp3) is 0.233. The molecule has 2 aliphatic rings. The molecule has 0 aromatic heterocycles. The second-order valence-corrected chi connectivity index (χ2v) is 9.66. The number of hydrogen-bond acceptors (Lipinski definition) is 5. The van der Waals surface area contributed by atoms with E-state index in [-0.39, 0.29) is 30.4 Å². The van der Waals surface area contributed by atoms with Crippen LogP contribution in [-0.2, 0) is 14.3 Å². The molecule has 37 heavy (non-hydrogen) atoms. The standard InChI is InChI=1S/C30H25N3O4/c1-17(2)16-37-25(34)15-24-22-13-12-21-20-11-7-6-10-19(20)14-23(18-8-4-3-5-9-18)26(21)27(22)30(36)28(29(24)35)32-33-31/h3-14,17,23,28H,15-16H2,1-2H3. The summed E-state index contributed by atoms with van der Waals surface area (Å²) in [6.45, 7) is 4.06. The molecule has 7 heteroatoms. The average Bonchev–Trinajstić information content (AvgIpc) is 2.91. The van der Waals surface area contributed by atoms with Crippen LogP contribution in [0.2, 0.25) is 0 Å². The summed E-state index contributed by atoms with van der Waals surface area (Å²) in [4.78, 5) is 42.6. The van der Waals surface area contributed by atoms with Gasteiger partial charge in [0.25, 0.3) is 0 Å².